The molecule has 234 valence electrons. The van der Waals surface area contributed by atoms with Crippen molar-refractivity contribution in [1.29, 1.82) is 0 Å². The molecule has 1 heterocycles. The zero-order valence-electron chi connectivity index (χ0n) is 27.7. The van der Waals surface area contributed by atoms with Crippen LogP contribution in [0.2, 0.25) is 0 Å². The van der Waals surface area contributed by atoms with Crippen LogP contribution in [0.4, 0.5) is 5.69 Å². The Hall–Kier alpha value is -2.69. The molecule has 3 rings (SSSR count). The van der Waals surface area contributed by atoms with Crippen molar-refractivity contribution in [2.24, 2.45) is 17.8 Å². The minimum Gasteiger partial charge on any atom is -0.507 e. The van der Waals surface area contributed by atoms with Crippen LogP contribution in [0.25, 0.3) is 0 Å². The molecular formula is C37H57NO4. The number of hydrogen-bond donors (Lipinski definition) is 2. The molecule has 0 fully saturated rings. The molecule has 5 nitrogen and oxygen atoms in total. The number of amides is 1. The summed E-state index contributed by atoms with van der Waals surface area (Å²) in [4.78, 5) is 11.3. The van der Waals surface area contributed by atoms with Gasteiger partial charge in [-0.15, -0.1) is 0 Å². The predicted octanol–water partition coefficient (Wildman–Crippen LogP) is 10.1. The highest BCUT2D eigenvalue weighted by Crippen LogP contribution is 2.45. The maximum absolute atomic E-state index is 11.3. The smallest absolute Gasteiger partial charge is 0.221 e. The molecule has 2 aromatic rings. The Morgan fingerprint density at radius 3 is 2.14 bits per heavy atom. The largest absolute Gasteiger partial charge is 0.507 e. The third-order valence-electron chi connectivity index (χ3n) is 9.27. The van der Waals surface area contributed by atoms with Crippen molar-refractivity contribution in [3.8, 4) is 17.2 Å². The second kappa shape index (κ2) is 15.7. The lowest BCUT2D eigenvalue weighted by atomic mass is 9.83. The first kappa shape index (κ1) is 33.8. The highest BCUT2D eigenvalue weighted by Gasteiger charge is 2.35. The summed E-state index contributed by atoms with van der Waals surface area (Å²) in [5.74, 6) is 4.24. The number of nitrogens with one attached hydrogen (secondary N) is 1. The number of phenols is 1. The molecule has 0 bridgehead atoms. The third kappa shape index (κ3) is 9.95. The molecule has 0 unspecified atom stereocenters. The Labute approximate surface area is 255 Å². The first-order valence-electron chi connectivity index (χ1n) is 16.4. The minimum atomic E-state index is -0.191. The lowest BCUT2D eigenvalue weighted by Crippen LogP contribution is -2.37. The van der Waals surface area contributed by atoms with Gasteiger partial charge in [0.05, 0.1) is 0 Å². The van der Waals surface area contributed by atoms with E-state index in [-0.39, 0.29) is 18.1 Å². The van der Waals surface area contributed by atoms with E-state index in [2.05, 4.69) is 46.9 Å². The van der Waals surface area contributed by atoms with Crippen LogP contribution in [0.1, 0.15) is 128 Å². The third-order valence-corrected chi connectivity index (χ3v) is 9.27. The van der Waals surface area contributed by atoms with Gasteiger partial charge in [-0.3, -0.25) is 4.79 Å². The molecule has 42 heavy (non-hydrogen) atoms. The van der Waals surface area contributed by atoms with Crippen molar-refractivity contribution in [3.63, 3.8) is 0 Å². The van der Waals surface area contributed by atoms with Gasteiger partial charge in [-0.05, 0) is 99.6 Å². The number of carbonyl (C=O) groups is 1. The number of rotatable bonds is 16. The summed E-state index contributed by atoms with van der Waals surface area (Å²) in [6.07, 6.45) is 13.4. The summed E-state index contributed by atoms with van der Waals surface area (Å²) in [6.45, 7) is 17.5. The number of phenolic OH excluding ortho intramolecular Hbond substituents is 1. The molecule has 1 amide bonds. The van der Waals surface area contributed by atoms with Gasteiger partial charge in [0.25, 0.3) is 0 Å². The van der Waals surface area contributed by atoms with E-state index in [1.54, 1.807) is 0 Å². The summed E-state index contributed by atoms with van der Waals surface area (Å²) < 4.78 is 12.9. The van der Waals surface area contributed by atoms with E-state index in [1.807, 2.05) is 31.2 Å². The second-order valence-electron chi connectivity index (χ2n) is 13.8. The highest BCUT2D eigenvalue weighted by molar-refractivity contribution is 5.88. The van der Waals surface area contributed by atoms with Gasteiger partial charge in [0.1, 0.15) is 29.5 Å². The minimum absolute atomic E-state index is 0.107. The molecule has 5 heteroatoms. The number of fused-ring (bicyclic) bond motifs is 1. The van der Waals surface area contributed by atoms with Gasteiger partial charge in [0, 0.05) is 23.7 Å². The molecule has 3 atom stereocenters. The average molecular weight is 580 g/mol. The van der Waals surface area contributed by atoms with Crippen molar-refractivity contribution in [2.45, 2.75) is 138 Å². The van der Waals surface area contributed by atoms with Crippen LogP contribution in [0.5, 0.6) is 17.2 Å². The summed E-state index contributed by atoms with van der Waals surface area (Å²) in [5.41, 5.74) is 4.29. The van der Waals surface area contributed by atoms with E-state index in [0.717, 1.165) is 70.7 Å². The molecule has 0 saturated carbocycles. The number of hydrogen-bond acceptors (Lipinski definition) is 4. The van der Waals surface area contributed by atoms with Gasteiger partial charge in [0.15, 0.2) is 0 Å². The number of ether oxygens (including phenoxy) is 2. The summed E-state index contributed by atoms with van der Waals surface area (Å²) in [6, 6.07) is 7.30. The summed E-state index contributed by atoms with van der Waals surface area (Å²) >= 11 is 0. The van der Waals surface area contributed by atoms with Crippen molar-refractivity contribution in [3.05, 3.63) is 46.5 Å². The first-order valence-corrected chi connectivity index (χ1v) is 16.4. The topological polar surface area (TPSA) is 67.8 Å². The van der Waals surface area contributed by atoms with E-state index in [9.17, 15) is 9.90 Å². The Bertz CT molecular complexity index is 1160. The fourth-order valence-corrected chi connectivity index (χ4v) is 6.30. The van der Waals surface area contributed by atoms with Gasteiger partial charge in [-0.25, -0.2) is 0 Å². The number of anilines is 1. The van der Waals surface area contributed by atoms with Crippen LogP contribution >= 0.6 is 0 Å². The van der Waals surface area contributed by atoms with Crippen molar-refractivity contribution >= 4 is 11.6 Å². The first-order chi connectivity index (χ1) is 19.9. The van der Waals surface area contributed by atoms with Gasteiger partial charge in [0.2, 0.25) is 5.91 Å². The standard InChI is InChI=1S/C37H57NO4/c1-25(2)12-9-13-26(3)14-10-15-27(4)16-11-22-37(8)23-21-33-34(35(40)28(5)29(6)36(33)42-37)24-41-32-19-17-31(18-20-32)38-30(7)39/h17-20,25-27,40H,9-16,21-24H2,1-8H3,(H,38,39)/t26-,27-,37-/m1/s1. The molecule has 1 aliphatic heterocycles. The number of benzene rings is 2. The van der Waals surface area contributed by atoms with Crippen molar-refractivity contribution in [2.75, 3.05) is 5.32 Å². The zero-order chi connectivity index (χ0) is 30.9. The normalized spacial score (nSPS) is 17.8. The van der Waals surface area contributed by atoms with Crippen molar-refractivity contribution < 1.29 is 19.4 Å². The molecule has 0 aromatic heterocycles. The monoisotopic (exact) mass is 579 g/mol. The molecule has 0 spiro atoms. The molecular weight excluding hydrogens is 522 g/mol. The maximum Gasteiger partial charge on any atom is 0.221 e. The molecule has 0 radical (unpaired) electrons. The van der Waals surface area contributed by atoms with Crippen molar-refractivity contribution in [1.82, 2.24) is 0 Å². The van der Waals surface area contributed by atoms with Crippen LogP contribution in [0, 0.1) is 31.6 Å². The van der Waals surface area contributed by atoms with Crippen LogP contribution in [-0.2, 0) is 17.8 Å². The average Bonchev–Trinajstić information content (AvgIpc) is 2.92. The Balaban J connectivity index is 1.53. The number of aromatic hydroxyl groups is 1. The predicted molar refractivity (Wildman–Crippen MR) is 175 cm³/mol. The van der Waals surface area contributed by atoms with Gasteiger partial charge < -0.3 is 19.9 Å². The SMILES string of the molecule is CC(=O)Nc1ccc(OCc2c(O)c(C)c(C)c3c2CC[C@@](C)(CCC[C@H](C)CCC[C@H](C)CCCC(C)C)O3)cc1. The van der Waals surface area contributed by atoms with Crippen LogP contribution in [0.3, 0.4) is 0 Å². The van der Waals surface area contributed by atoms with E-state index < -0.39 is 0 Å². The quantitative estimate of drug-likeness (QED) is 0.208. The molecule has 2 aromatic carbocycles. The van der Waals surface area contributed by atoms with Gasteiger partial charge in [-0.2, -0.15) is 0 Å². The second-order valence-corrected chi connectivity index (χ2v) is 13.8. The summed E-state index contributed by atoms with van der Waals surface area (Å²) in [7, 11) is 0. The number of carbonyl (C=O) groups excluding carboxylic acids is 1. The highest BCUT2D eigenvalue weighted by atomic mass is 16.5. The van der Waals surface area contributed by atoms with E-state index in [1.165, 1.54) is 58.3 Å². The molecule has 0 saturated heterocycles. The van der Waals surface area contributed by atoms with Crippen LogP contribution in [-0.4, -0.2) is 16.6 Å². The Morgan fingerprint density at radius 1 is 0.952 bits per heavy atom. The zero-order valence-corrected chi connectivity index (χ0v) is 27.7. The Kier molecular flexibility index (Phi) is 12.6. The maximum atomic E-state index is 11.3. The summed E-state index contributed by atoms with van der Waals surface area (Å²) in [5, 5.41) is 13.8. The van der Waals surface area contributed by atoms with Crippen LogP contribution in [0.15, 0.2) is 24.3 Å². The molecule has 1 aliphatic rings. The van der Waals surface area contributed by atoms with E-state index >= 15 is 0 Å². The lowest BCUT2D eigenvalue weighted by molar-refractivity contribution is -0.114. The fraction of sp³-hybridized carbons (Fsp3) is 0.649. The van der Waals surface area contributed by atoms with E-state index in [4.69, 9.17) is 9.47 Å². The lowest BCUT2D eigenvalue weighted by Gasteiger charge is -2.38. The fourth-order valence-electron chi connectivity index (χ4n) is 6.30. The van der Waals surface area contributed by atoms with Crippen LogP contribution < -0.4 is 14.8 Å². The van der Waals surface area contributed by atoms with E-state index in [0.29, 0.717) is 11.5 Å². The molecule has 2 N–H and O–H groups in total. The van der Waals surface area contributed by atoms with Gasteiger partial charge >= 0.3 is 0 Å². The Morgan fingerprint density at radius 2 is 1.55 bits per heavy atom. The van der Waals surface area contributed by atoms with Gasteiger partial charge in [-0.1, -0.05) is 72.6 Å². The molecule has 0 aliphatic carbocycles.